The minimum atomic E-state index is -0.726. The lowest BCUT2D eigenvalue weighted by Crippen LogP contribution is -2.16. The van der Waals surface area contributed by atoms with Crippen LogP contribution in [0.3, 0.4) is 0 Å². The van der Waals surface area contributed by atoms with Gasteiger partial charge in [0.05, 0.1) is 0 Å². The summed E-state index contributed by atoms with van der Waals surface area (Å²) in [6, 6.07) is 0. The van der Waals surface area contributed by atoms with E-state index >= 15 is 0 Å². The molecule has 0 spiro atoms. The Kier molecular flexibility index (Phi) is 26.8. The van der Waals surface area contributed by atoms with Crippen molar-refractivity contribution in [2.24, 2.45) is 0 Å². The van der Waals surface area contributed by atoms with Crippen LogP contribution in [0, 0.1) is 0 Å². The molecule has 0 saturated carbocycles. The lowest BCUT2D eigenvalue weighted by molar-refractivity contribution is -0.147. The molecule has 0 amide bonds. The van der Waals surface area contributed by atoms with E-state index in [-0.39, 0.29) is 18.5 Å². The minimum Gasteiger partial charge on any atom is -0.481 e. The van der Waals surface area contributed by atoms with Crippen LogP contribution in [0.15, 0.2) is 24.3 Å². The van der Waals surface area contributed by atoms with Gasteiger partial charge in [-0.25, -0.2) is 0 Å². The summed E-state index contributed by atoms with van der Waals surface area (Å²) >= 11 is 0. The summed E-state index contributed by atoms with van der Waals surface area (Å²) in [7, 11) is 0. The lowest BCUT2D eigenvalue weighted by Gasteiger charge is -2.14. The van der Waals surface area contributed by atoms with Crippen molar-refractivity contribution in [1.82, 2.24) is 0 Å². The highest BCUT2D eigenvalue weighted by molar-refractivity contribution is 5.69. The summed E-state index contributed by atoms with van der Waals surface area (Å²) in [5.41, 5.74) is 0. The van der Waals surface area contributed by atoms with Crippen LogP contribution >= 0.6 is 0 Å². The monoisotopic (exact) mass is 506 g/mol. The summed E-state index contributed by atoms with van der Waals surface area (Å²) < 4.78 is 5.77. The summed E-state index contributed by atoms with van der Waals surface area (Å²) in [5.74, 6) is -0.806. The van der Waals surface area contributed by atoms with Gasteiger partial charge in [0.25, 0.3) is 0 Å². The first-order valence-electron chi connectivity index (χ1n) is 15.3. The Morgan fingerprint density at radius 1 is 0.611 bits per heavy atom. The molecule has 0 aliphatic carbocycles. The fourth-order valence-corrected chi connectivity index (χ4v) is 4.31. The maximum Gasteiger partial charge on any atom is 0.306 e. The Morgan fingerprint density at radius 3 is 1.72 bits per heavy atom. The Labute approximate surface area is 223 Å². The molecular weight excluding hydrogens is 448 g/mol. The van der Waals surface area contributed by atoms with Crippen LogP contribution in [0.1, 0.15) is 162 Å². The molecule has 4 heteroatoms. The third kappa shape index (κ3) is 27.0. The zero-order chi connectivity index (χ0) is 26.5. The number of carbonyl (C=O) groups excluding carboxylic acids is 1. The van der Waals surface area contributed by atoms with E-state index in [4.69, 9.17) is 9.84 Å². The number of ether oxygens (including phenoxy) is 1. The smallest absolute Gasteiger partial charge is 0.306 e. The Hall–Kier alpha value is -1.58. The first-order valence-corrected chi connectivity index (χ1v) is 15.3. The van der Waals surface area contributed by atoms with Gasteiger partial charge in [-0.2, -0.15) is 0 Å². The topological polar surface area (TPSA) is 63.6 Å². The van der Waals surface area contributed by atoms with Gasteiger partial charge in [0.15, 0.2) is 0 Å². The van der Waals surface area contributed by atoms with E-state index in [1.54, 1.807) is 0 Å². The number of unbranched alkanes of at least 4 members (excludes halogenated alkanes) is 16. The van der Waals surface area contributed by atoms with Gasteiger partial charge in [-0.3, -0.25) is 9.59 Å². The van der Waals surface area contributed by atoms with Crippen molar-refractivity contribution >= 4 is 11.9 Å². The highest BCUT2D eigenvalue weighted by Crippen LogP contribution is 2.14. The molecule has 0 aliphatic heterocycles. The number of aliphatic carboxylic acids is 1. The predicted octanol–water partition coefficient (Wildman–Crippen LogP) is 10.1. The molecule has 0 rings (SSSR count). The lowest BCUT2D eigenvalue weighted by atomic mass is 10.1. The van der Waals surface area contributed by atoms with Gasteiger partial charge in [0.2, 0.25) is 0 Å². The zero-order valence-corrected chi connectivity index (χ0v) is 23.8. The molecule has 0 bridgehead atoms. The SMILES string of the molecule is CCCC/C=C\C(CCCCCCC(=O)O)OC(=O)CCCCCCC/C=C\CCCCCCCC. The Morgan fingerprint density at radius 2 is 1.11 bits per heavy atom. The Bertz CT molecular complexity index is 552. The molecule has 0 aromatic heterocycles. The van der Waals surface area contributed by atoms with Gasteiger partial charge in [-0.05, 0) is 63.9 Å². The van der Waals surface area contributed by atoms with E-state index in [0.717, 1.165) is 64.2 Å². The van der Waals surface area contributed by atoms with Crippen LogP contribution in [0.5, 0.6) is 0 Å². The van der Waals surface area contributed by atoms with Crippen LogP contribution in [0.4, 0.5) is 0 Å². The Balaban J connectivity index is 3.85. The highest BCUT2D eigenvalue weighted by Gasteiger charge is 2.11. The third-order valence-electron chi connectivity index (χ3n) is 6.63. The standard InChI is InChI=1S/C32H58O4/c1-3-5-7-9-10-11-12-13-14-15-16-17-18-19-25-29-32(35)36-30(26-22-8-6-4-2)27-23-20-21-24-28-31(33)34/h13-14,22,26,30H,3-12,15-21,23-25,27-29H2,1-2H3,(H,33,34)/b14-13-,26-22-. The fourth-order valence-electron chi connectivity index (χ4n) is 4.31. The summed E-state index contributed by atoms with van der Waals surface area (Å²) in [4.78, 5) is 23.0. The second-order valence-electron chi connectivity index (χ2n) is 10.3. The maximum atomic E-state index is 12.4. The van der Waals surface area contributed by atoms with Crippen LogP contribution in [-0.2, 0) is 14.3 Å². The van der Waals surface area contributed by atoms with E-state index in [1.165, 1.54) is 70.6 Å². The normalized spacial score (nSPS) is 12.5. The summed E-state index contributed by atoms with van der Waals surface area (Å²) in [6.07, 6.45) is 33.6. The molecule has 0 fully saturated rings. The average Bonchev–Trinajstić information content (AvgIpc) is 2.85. The van der Waals surface area contributed by atoms with Crippen LogP contribution in [0.25, 0.3) is 0 Å². The van der Waals surface area contributed by atoms with Crippen LogP contribution < -0.4 is 0 Å². The quantitative estimate of drug-likeness (QED) is 0.0683. The molecular formula is C32H58O4. The van der Waals surface area contributed by atoms with Gasteiger partial charge >= 0.3 is 11.9 Å². The van der Waals surface area contributed by atoms with E-state index < -0.39 is 5.97 Å². The van der Waals surface area contributed by atoms with Crippen molar-refractivity contribution < 1.29 is 19.4 Å². The fraction of sp³-hybridized carbons (Fsp3) is 0.812. The van der Waals surface area contributed by atoms with Gasteiger partial charge in [0.1, 0.15) is 6.10 Å². The molecule has 0 aromatic carbocycles. The second kappa shape index (κ2) is 28.0. The second-order valence-corrected chi connectivity index (χ2v) is 10.3. The number of esters is 1. The number of hydrogen-bond donors (Lipinski definition) is 1. The van der Waals surface area contributed by atoms with E-state index in [9.17, 15) is 9.59 Å². The molecule has 4 nitrogen and oxygen atoms in total. The number of carboxylic acids is 1. The molecule has 36 heavy (non-hydrogen) atoms. The van der Waals surface area contributed by atoms with Crippen LogP contribution in [-0.4, -0.2) is 23.1 Å². The van der Waals surface area contributed by atoms with Crippen LogP contribution in [0.2, 0.25) is 0 Å². The predicted molar refractivity (Wildman–Crippen MR) is 153 cm³/mol. The first kappa shape index (κ1) is 34.4. The van der Waals surface area contributed by atoms with E-state index in [1.807, 2.05) is 0 Å². The maximum absolute atomic E-state index is 12.4. The molecule has 0 aliphatic rings. The van der Waals surface area contributed by atoms with Gasteiger partial charge in [0, 0.05) is 12.8 Å². The van der Waals surface area contributed by atoms with Crippen molar-refractivity contribution in [3.63, 3.8) is 0 Å². The molecule has 1 atom stereocenters. The molecule has 0 radical (unpaired) electrons. The number of rotatable bonds is 27. The number of carboxylic acid groups (broad SMARTS) is 1. The third-order valence-corrected chi connectivity index (χ3v) is 6.63. The zero-order valence-electron chi connectivity index (χ0n) is 23.8. The molecule has 1 N–H and O–H groups in total. The van der Waals surface area contributed by atoms with Crippen molar-refractivity contribution in [3.05, 3.63) is 24.3 Å². The number of allylic oxidation sites excluding steroid dienone is 3. The molecule has 0 saturated heterocycles. The number of carbonyl (C=O) groups is 2. The summed E-state index contributed by atoms with van der Waals surface area (Å²) in [6.45, 7) is 4.44. The average molecular weight is 507 g/mol. The molecule has 210 valence electrons. The van der Waals surface area contributed by atoms with E-state index in [2.05, 4.69) is 38.2 Å². The van der Waals surface area contributed by atoms with Crippen molar-refractivity contribution in [2.45, 2.75) is 168 Å². The van der Waals surface area contributed by atoms with Crippen molar-refractivity contribution in [1.29, 1.82) is 0 Å². The first-order chi connectivity index (χ1) is 17.6. The van der Waals surface area contributed by atoms with E-state index in [0.29, 0.717) is 6.42 Å². The number of hydrogen-bond acceptors (Lipinski definition) is 3. The van der Waals surface area contributed by atoms with Gasteiger partial charge in [-0.15, -0.1) is 0 Å². The molecule has 0 heterocycles. The molecule has 0 aromatic rings. The molecule has 1 unspecified atom stereocenters. The van der Waals surface area contributed by atoms with Crippen molar-refractivity contribution in [3.8, 4) is 0 Å². The largest absolute Gasteiger partial charge is 0.481 e. The van der Waals surface area contributed by atoms with Crippen molar-refractivity contribution in [2.75, 3.05) is 0 Å². The minimum absolute atomic E-state index is 0.0800. The summed E-state index contributed by atoms with van der Waals surface area (Å²) in [5, 5.41) is 8.73. The van der Waals surface area contributed by atoms with Gasteiger partial charge < -0.3 is 9.84 Å². The van der Waals surface area contributed by atoms with Gasteiger partial charge in [-0.1, -0.05) is 109 Å². The highest BCUT2D eigenvalue weighted by atomic mass is 16.5.